The van der Waals surface area contributed by atoms with E-state index in [0.29, 0.717) is 16.0 Å². The molecule has 32 heavy (non-hydrogen) atoms. The van der Waals surface area contributed by atoms with Gasteiger partial charge in [-0.1, -0.05) is 35.4 Å². The molecule has 2 aromatic heterocycles. The Morgan fingerprint density at radius 1 is 0.938 bits per heavy atom. The highest BCUT2D eigenvalue weighted by molar-refractivity contribution is 6.42. The Kier molecular flexibility index (Phi) is 8.17. The molecular weight excluding hydrogens is 467 g/mol. The molecule has 1 aliphatic heterocycles. The van der Waals surface area contributed by atoms with Crippen LogP contribution in [0.5, 0.6) is 0 Å². The summed E-state index contributed by atoms with van der Waals surface area (Å²) in [6, 6.07) is 7.80. The van der Waals surface area contributed by atoms with Gasteiger partial charge in [0.1, 0.15) is 0 Å². The average Bonchev–Trinajstić information content (AvgIpc) is 3.10. The van der Waals surface area contributed by atoms with Gasteiger partial charge in [-0.3, -0.25) is 4.90 Å². The molecule has 4 rings (SSSR count). The van der Waals surface area contributed by atoms with E-state index in [1.54, 1.807) is 4.68 Å². The van der Waals surface area contributed by atoms with Crippen molar-refractivity contribution in [2.24, 2.45) is 0 Å². The van der Waals surface area contributed by atoms with Gasteiger partial charge in [-0.2, -0.15) is 5.10 Å². The van der Waals surface area contributed by atoms with E-state index in [1.165, 1.54) is 0 Å². The summed E-state index contributed by atoms with van der Waals surface area (Å²) in [4.78, 5) is 13.8. The molecule has 0 N–H and O–H groups in total. The highest BCUT2D eigenvalue weighted by atomic mass is 35.5. The molecule has 6 nitrogen and oxygen atoms in total. The number of hydrogen-bond donors (Lipinski definition) is 0. The topological polar surface area (TPSA) is 50.1 Å². The van der Waals surface area contributed by atoms with E-state index in [1.807, 2.05) is 51.2 Å². The van der Waals surface area contributed by atoms with Crippen molar-refractivity contribution in [3.63, 3.8) is 0 Å². The molecule has 0 atom stereocenters. The van der Waals surface area contributed by atoms with Crippen molar-refractivity contribution in [1.82, 2.24) is 24.6 Å². The lowest BCUT2D eigenvalue weighted by Crippen LogP contribution is -2.46. The van der Waals surface area contributed by atoms with Crippen molar-refractivity contribution in [3.8, 4) is 5.95 Å². The average molecular weight is 494 g/mol. The number of anilines is 1. The Bertz CT molecular complexity index is 1080. The molecule has 0 saturated carbocycles. The number of nitrogens with zero attached hydrogens (tertiary/aromatic N) is 6. The summed E-state index contributed by atoms with van der Waals surface area (Å²) in [5, 5.41) is 5.69. The summed E-state index contributed by atoms with van der Waals surface area (Å²) in [5.41, 5.74) is 5.12. The van der Waals surface area contributed by atoms with Gasteiger partial charge >= 0.3 is 0 Å². The number of piperazine rings is 1. The van der Waals surface area contributed by atoms with Crippen LogP contribution < -0.4 is 4.90 Å². The van der Waals surface area contributed by atoms with Gasteiger partial charge in [-0.15, -0.1) is 12.4 Å². The van der Waals surface area contributed by atoms with Gasteiger partial charge < -0.3 is 4.90 Å². The number of hydrogen-bond acceptors (Lipinski definition) is 5. The lowest BCUT2D eigenvalue weighted by molar-refractivity contribution is 0.284. The van der Waals surface area contributed by atoms with E-state index in [2.05, 4.69) is 37.0 Å². The second-order valence-electron chi connectivity index (χ2n) is 7.84. The lowest BCUT2D eigenvalue weighted by atomic mass is 10.2. The monoisotopic (exact) mass is 492 g/mol. The summed E-state index contributed by atoms with van der Waals surface area (Å²) >= 11 is 12.2. The maximum absolute atomic E-state index is 6.16. The SMILES string of the molecule is Cc1cc(C)nc(-n2ncc(/C=C/CN3CCN(c4ccc(Cl)c(Cl)c4)CC3)c2C)n1.Cl. The summed E-state index contributed by atoms with van der Waals surface area (Å²) in [6.45, 7) is 10.8. The van der Waals surface area contributed by atoms with Crippen LogP contribution in [0.2, 0.25) is 10.0 Å². The molecule has 0 radical (unpaired) electrons. The number of aryl methyl sites for hydroxylation is 2. The highest BCUT2D eigenvalue weighted by Gasteiger charge is 2.17. The van der Waals surface area contributed by atoms with E-state index in [-0.39, 0.29) is 12.4 Å². The number of halogens is 3. The van der Waals surface area contributed by atoms with E-state index in [0.717, 1.165) is 61.1 Å². The highest BCUT2D eigenvalue weighted by Crippen LogP contribution is 2.27. The molecule has 170 valence electrons. The molecule has 0 spiro atoms. The minimum Gasteiger partial charge on any atom is -0.369 e. The molecule has 0 bridgehead atoms. The molecular formula is C23H27Cl3N6. The van der Waals surface area contributed by atoms with Crippen LogP contribution in [-0.4, -0.2) is 57.4 Å². The number of rotatable bonds is 5. The predicted molar refractivity (Wildman–Crippen MR) is 135 cm³/mol. The molecule has 0 aliphatic carbocycles. The zero-order valence-electron chi connectivity index (χ0n) is 18.4. The first kappa shape index (κ1) is 24.5. The summed E-state index contributed by atoms with van der Waals surface area (Å²) < 4.78 is 1.80. The summed E-state index contributed by atoms with van der Waals surface area (Å²) in [7, 11) is 0. The second kappa shape index (κ2) is 10.7. The Balaban J connectivity index is 0.00000289. The van der Waals surface area contributed by atoms with Crippen LogP contribution in [0.4, 0.5) is 5.69 Å². The molecule has 1 fully saturated rings. The van der Waals surface area contributed by atoms with Gasteiger partial charge in [-0.25, -0.2) is 14.6 Å². The minimum absolute atomic E-state index is 0. The smallest absolute Gasteiger partial charge is 0.251 e. The minimum atomic E-state index is 0. The summed E-state index contributed by atoms with van der Waals surface area (Å²) in [5.74, 6) is 0.619. The zero-order chi connectivity index (χ0) is 22.0. The van der Waals surface area contributed by atoms with Crippen molar-refractivity contribution in [2.45, 2.75) is 20.8 Å². The molecule has 3 aromatic rings. The molecule has 3 heterocycles. The molecule has 1 saturated heterocycles. The fraction of sp³-hybridized carbons (Fsp3) is 0.348. The lowest BCUT2D eigenvalue weighted by Gasteiger charge is -2.35. The van der Waals surface area contributed by atoms with Crippen molar-refractivity contribution in [1.29, 1.82) is 0 Å². The van der Waals surface area contributed by atoms with Gasteiger partial charge in [0.05, 0.1) is 21.9 Å². The Hall–Kier alpha value is -2.12. The van der Waals surface area contributed by atoms with E-state index < -0.39 is 0 Å². The van der Waals surface area contributed by atoms with Gasteiger partial charge in [0.25, 0.3) is 5.95 Å². The van der Waals surface area contributed by atoms with Crippen LogP contribution in [0.3, 0.4) is 0 Å². The van der Waals surface area contributed by atoms with Crippen LogP contribution in [0, 0.1) is 20.8 Å². The third-order valence-electron chi connectivity index (χ3n) is 5.51. The van der Waals surface area contributed by atoms with Gasteiger partial charge in [-0.05, 0) is 45.0 Å². The normalized spacial score (nSPS) is 14.7. The van der Waals surface area contributed by atoms with Crippen LogP contribution in [-0.2, 0) is 0 Å². The Morgan fingerprint density at radius 2 is 1.62 bits per heavy atom. The number of aromatic nitrogens is 4. The van der Waals surface area contributed by atoms with Gasteiger partial charge in [0.15, 0.2) is 0 Å². The van der Waals surface area contributed by atoms with Crippen molar-refractivity contribution in [2.75, 3.05) is 37.6 Å². The second-order valence-corrected chi connectivity index (χ2v) is 8.65. The van der Waals surface area contributed by atoms with Crippen LogP contribution in [0.1, 0.15) is 22.6 Å². The van der Waals surface area contributed by atoms with Crippen molar-refractivity contribution >= 4 is 47.4 Å². The fourth-order valence-corrected chi connectivity index (χ4v) is 4.08. The standard InChI is InChI=1S/C23H26Cl2N6.ClH/c1-16-13-17(2)28-23(27-16)31-18(3)19(15-26-31)5-4-8-29-9-11-30(12-10-29)20-6-7-21(24)22(25)14-20;/h4-7,13-15H,8-12H2,1-3H3;1H/b5-4+;. The third-order valence-corrected chi connectivity index (χ3v) is 6.25. The van der Waals surface area contributed by atoms with E-state index in [4.69, 9.17) is 23.2 Å². The van der Waals surface area contributed by atoms with Crippen molar-refractivity contribution < 1.29 is 0 Å². The Morgan fingerprint density at radius 3 is 2.28 bits per heavy atom. The van der Waals surface area contributed by atoms with Crippen molar-refractivity contribution in [3.05, 3.63) is 69.2 Å². The zero-order valence-corrected chi connectivity index (χ0v) is 20.8. The first-order valence-corrected chi connectivity index (χ1v) is 11.1. The molecule has 0 unspecified atom stereocenters. The summed E-state index contributed by atoms with van der Waals surface area (Å²) in [6.07, 6.45) is 6.20. The third kappa shape index (κ3) is 5.62. The molecule has 1 aliphatic rings. The maximum Gasteiger partial charge on any atom is 0.251 e. The molecule has 0 amide bonds. The first-order valence-electron chi connectivity index (χ1n) is 10.4. The molecule has 1 aromatic carbocycles. The van der Waals surface area contributed by atoms with Crippen LogP contribution in [0.25, 0.3) is 12.0 Å². The van der Waals surface area contributed by atoms with Gasteiger partial charge in [0, 0.05) is 55.4 Å². The fourth-order valence-electron chi connectivity index (χ4n) is 3.79. The van der Waals surface area contributed by atoms with Crippen LogP contribution >= 0.6 is 35.6 Å². The molecule has 9 heteroatoms. The van der Waals surface area contributed by atoms with E-state index >= 15 is 0 Å². The first-order chi connectivity index (χ1) is 14.9. The quantitative estimate of drug-likeness (QED) is 0.492. The predicted octanol–water partition coefficient (Wildman–Crippen LogP) is 5.15. The largest absolute Gasteiger partial charge is 0.369 e. The Labute approximate surface area is 205 Å². The van der Waals surface area contributed by atoms with Gasteiger partial charge in [0.2, 0.25) is 0 Å². The van der Waals surface area contributed by atoms with Crippen LogP contribution in [0.15, 0.2) is 36.5 Å². The maximum atomic E-state index is 6.16. The van der Waals surface area contributed by atoms with E-state index in [9.17, 15) is 0 Å². The number of benzene rings is 1.